The molecule has 1 aromatic carbocycles. The van der Waals surface area contributed by atoms with Crippen LogP contribution in [0.15, 0.2) is 35.3 Å². The third-order valence-electron chi connectivity index (χ3n) is 6.05. The Labute approximate surface area is 179 Å². The van der Waals surface area contributed by atoms with E-state index in [4.69, 9.17) is 16.3 Å². The number of benzene rings is 1. The monoisotopic (exact) mass is 428 g/mol. The number of halogens is 1. The standard InChI is InChI=1S/C21H25ClN6O2/c1-25-17-7-3-2-6-16(17)24-21(25)28-20(29)19(22)18(13-23-28)27-10-8-26(9-11-27)14-15-5-4-12-30-15/h2-3,6-7,13,15H,4-5,8-12,14H2,1H3. The van der Waals surface area contributed by atoms with Gasteiger partial charge in [0.2, 0.25) is 5.95 Å². The molecule has 1 unspecified atom stereocenters. The molecule has 2 aromatic heterocycles. The average Bonchev–Trinajstić information content (AvgIpc) is 3.39. The molecule has 9 heteroatoms. The molecule has 2 saturated heterocycles. The van der Waals surface area contributed by atoms with Crippen LogP contribution >= 0.6 is 11.6 Å². The molecule has 0 amide bonds. The summed E-state index contributed by atoms with van der Waals surface area (Å²) in [6.07, 6.45) is 4.35. The maximum absolute atomic E-state index is 13.0. The third-order valence-corrected chi connectivity index (χ3v) is 6.41. The van der Waals surface area contributed by atoms with E-state index in [1.165, 1.54) is 4.68 Å². The molecule has 158 valence electrons. The summed E-state index contributed by atoms with van der Waals surface area (Å²) in [6.45, 7) is 5.32. The van der Waals surface area contributed by atoms with Gasteiger partial charge >= 0.3 is 0 Å². The summed E-state index contributed by atoms with van der Waals surface area (Å²) in [4.78, 5) is 22.1. The molecule has 0 radical (unpaired) electrons. The van der Waals surface area contributed by atoms with Crippen LogP contribution < -0.4 is 10.5 Å². The smallest absolute Gasteiger partial charge is 0.295 e. The first-order valence-electron chi connectivity index (χ1n) is 10.4. The zero-order chi connectivity index (χ0) is 20.7. The first kappa shape index (κ1) is 19.5. The molecule has 2 aliphatic heterocycles. The van der Waals surface area contributed by atoms with Gasteiger partial charge in [-0.3, -0.25) is 9.69 Å². The van der Waals surface area contributed by atoms with Gasteiger partial charge in [-0.2, -0.15) is 9.78 Å². The largest absolute Gasteiger partial charge is 0.377 e. The first-order valence-corrected chi connectivity index (χ1v) is 10.8. The second-order valence-electron chi connectivity index (χ2n) is 7.94. The lowest BCUT2D eigenvalue weighted by atomic mass is 10.2. The van der Waals surface area contributed by atoms with Gasteiger partial charge in [-0.25, -0.2) is 4.98 Å². The number of fused-ring (bicyclic) bond motifs is 1. The van der Waals surface area contributed by atoms with E-state index in [-0.39, 0.29) is 10.6 Å². The first-order chi connectivity index (χ1) is 14.6. The van der Waals surface area contributed by atoms with E-state index in [0.717, 1.165) is 63.2 Å². The second-order valence-corrected chi connectivity index (χ2v) is 8.32. The van der Waals surface area contributed by atoms with Crippen LogP contribution in [0.2, 0.25) is 5.02 Å². The summed E-state index contributed by atoms with van der Waals surface area (Å²) in [7, 11) is 1.87. The van der Waals surface area contributed by atoms with Crippen molar-refractivity contribution in [1.82, 2.24) is 24.2 Å². The van der Waals surface area contributed by atoms with Crippen molar-refractivity contribution in [2.45, 2.75) is 18.9 Å². The fourth-order valence-corrected chi connectivity index (χ4v) is 4.61. The molecule has 2 fully saturated rings. The minimum atomic E-state index is -0.352. The van der Waals surface area contributed by atoms with Gasteiger partial charge in [-0.05, 0) is 25.0 Å². The van der Waals surface area contributed by atoms with Gasteiger partial charge in [-0.1, -0.05) is 23.7 Å². The van der Waals surface area contributed by atoms with Crippen molar-refractivity contribution in [3.8, 4) is 5.95 Å². The summed E-state index contributed by atoms with van der Waals surface area (Å²) in [6, 6.07) is 7.74. The Morgan fingerprint density at radius 1 is 1.20 bits per heavy atom. The van der Waals surface area contributed by atoms with Crippen LogP contribution in [0.5, 0.6) is 0 Å². The van der Waals surface area contributed by atoms with Crippen molar-refractivity contribution in [2.75, 3.05) is 44.2 Å². The molecule has 5 rings (SSSR count). The normalized spacial score (nSPS) is 20.3. The van der Waals surface area contributed by atoms with Crippen LogP contribution in [-0.2, 0) is 11.8 Å². The van der Waals surface area contributed by atoms with E-state index in [9.17, 15) is 4.79 Å². The molecule has 0 aliphatic carbocycles. The Bertz CT molecular complexity index is 1110. The molecular weight excluding hydrogens is 404 g/mol. The van der Waals surface area contributed by atoms with Crippen LogP contribution in [0.4, 0.5) is 5.69 Å². The van der Waals surface area contributed by atoms with Crippen molar-refractivity contribution in [1.29, 1.82) is 0 Å². The number of ether oxygens (including phenoxy) is 1. The molecule has 0 N–H and O–H groups in total. The molecule has 0 spiro atoms. The summed E-state index contributed by atoms with van der Waals surface area (Å²) in [5.74, 6) is 0.455. The van der Waals surface area contributed by atoms with Gasteiger partial charge in [-0.15, -0.1) is 0 Å². The molecule has 2 aliphatic rings. The molecule has 0 bridgehead atoms. The predicted molar refractivity (Wildman–Crippen MR) is 117 cm³/mol. The maximum atomic E-state index is 13.0. The molecule has 4 heterocycles. The summed E-state index contributed by atoms with van der Waals surface area (Å²) >= 11 is 6.52. The number of aromatic nitrogens is 4. The highest BCUT2D eigenvalue weighted by molar-refractivity contribution is 6.33. The van der Waals surface area contributed by atoms with Gasteiger partial charge in [0.05, 0.1) is 29.0 Å². The SMILES string of the molecule is Cn1c(-n2ncc(N3CCN(CC4CCCO4)CC3)c(Cl)c2=O)nc2ccccc21. The topological polar surface area (TPSA) is 68.4 Å². The van der Waals surface area contributed by atoms with Crippen molar-refractivity contribution in [3.05, 3.63) is 45.8 Å². The zero-order valence-electron chi connectivity index (χ0n) is 17.0. The number of piperazine rings is 1. The van der Waals surface area contributed by atoms with Gasteiger partial charge in [0, 0.05) is 46.4 Å². The summed E-state index contributed by atoms with van der Waals surface area (Å²) < 4.78 is 8.88. The van der Waals surface area contributed by atoms with Gasteiger partial charge in [0.15, 0.2) is 0 Å². The van der Waals surface area contributed by atoms with Gasteiger partial charge < -0.3 is 14.2 Å². The Morgan fingerprint density at radius 3 is 2.73 bits per heavy atom. The summed E-state index contributed by atoms with van der Waals surface area (Å²) in [5.41, 5.74) is 2.08. The van der Waals surface area contributed by atoms with Gasteiger partial charge in [0.25, 0.3) is 5.56 Å². The number of rotatable bonds is 4. The van der Waals surface area contributed by atoms with E-state index in [0.29, 0.717) is 17.7 Å². The molecule has 0 saturated carbocycles. The molecule has 3 aromatic rings. The molecule has 1 atom stereocenters. The Hall–Kier alpha value is -2.42. The number of nitrogens with zero attached hydrogens (tertiary/aromatic N) is 6. The van der Waals surface area contributed by atoms with Crippen molar-refractivity contribution in [3.63, 3.8) is 0 Å². The Balaban J connectivity index is 1.36. The van der Waals surface area contributed by atoms with Crippen molar-refractivity contribution < 1.29 is 4.74 Å². The van der Waals surface area contributed by atoms with Crippen LogP contribution in [0.25, 0.3) is 17.0 Å². The van der Waals surface area contributed by atoms with Crippen LogP contribution in [0.3, 0.4) is 0 Å². The average molecular weight is 429 g/mol. The highest BCUT2D eigenvalue weighted by atomic mass is 35.5. The number of imidazole rings is 1. The van der Waals surface area contributed by atoms with E-state index < -0.39 is 0 Å². The van der Waals surface area contributed by atoms with Gasteiger partial charge in [0.1, 0.15) is 5.02 Å². The highest BCUT2D eigenvalue weighted by Gasteiger charge is 2.25. The number of hydrogen-bond donors (Lipinski definition) is 0. The van der Waals surface area contributed by atoms with E-state index in [1.807, 2.05) is 35.9 Å². The number of aryl methyl sites for hydroxylation is 1. The maximum Gasteiger partial charge on any atom is 0.295 e. The number of para-hydroxylation sites is 2. The highest BCUT2D eigenvalue weighted by Crippen LogP contribution is 2.24. The third kappa shape index (κ3) is 3.49. The molecule has 30 heavy (non-hydrogen) atoms. The minimum absolute atomic E-state index is 0.185. The quantitative estimate of drug-likeness (QED) is 0.633. The lowest BCUT2D eigenvalue weighted by molar-refractivity contribution is 0.0712. The van der Waals surface area contributed by atoms with Crippen molar-refractivity contribution >= 4 is 28.3 Å². The number of hydrogen-bond acceptors (Lipinski definition) is 6. The minimum Gasteiger partial charge on any atom is -0.377 e. The lowest BCUT2D eigenvalue weighted by Gasteiger charge is -2.37. The Kier molecular flexibility index (Phi) is 5.22. The van der Waals surface area contributed by atoms with Crippen LogP contribution in [0, 0.1) is 0 Å². The fraction of sp³-hybridized carbons (Fsp3) is 0.476. The number of anilines is 1. The predicted octanol–water partition coefficient (Wildman–Crippen LogP) is 2.07. The second kappa shape index (κ2) is 8.02. The van der Waals surface area contributed by atoms with E-state index >= 15 is 0 Å². The summed E-state index contributed by atoms with van der Waals surface area (Å²) in [5, 5.41) is 4.59. The lowest BCUT2D eigenvalue weighted by Crippen LogP contribution is -2.49. The van der Waals surface area contributed by atoms with E-state index in [2.05, 4.69) is 19.9 Å². The fourth-order valence-electron chi connectivity index (χ4n) is 4.36. The van der Waals surface area contributed by atoms with Crippen molar-refractivity contribution in [2.24, 2.45) is 7.05 Å². The van der Waals surface area contributed by atoms with Crippen LogP contribution in [-0.4, -0.2) is 69.7 Å². The molecular formula is C21H25ClN6O2. The van der Waals surface area contributed by atoms with E-state index in [1.54, 1.807) is 6.20 Å². The van der Waals surface area contributed by atoms with Crippen LogP contribution in [0.1, 0.15) is 12.8 Å². The zero-order valence-corrected chi connectivity index (χ0v) is 17.8. The molecule has 8 nitrogen and oxygen atoms in total. The Morgan fingerprint density at radius 2 is 2.00 bits per heavy atom.